The van der Waals surface area contributed by atoms with Gasteiger partial charge in [-0.2, -0.15) is 0 Å². The number of amides is 1. The van der Waals surface area contributed by atoms with E-state index in [4.69, 9.17) is 4.74 Å². The number of hydrogen-bond donors (Lipinski definition) is 0. The molecule has 20 heavy (non-hydrogen) atoms. The van der Waals surface area contributed by atoms with Crippen LogP contribution in [0.3, 0.4) is 0 Å². The van der Waals surface area contributed by atoms with Gasteiger partial charge in [0.2, 0.25) is 0 Å². The molecule has 1 amide bonds. The summed E-state index contributed by atoms with van der Waals surface area (Å²) >= 11 is 0. The molecule has 1 aromatic carbocycles. The minimum atomic E-state index is -0.583. The quantitative estimate of drug-likeness (QED) is 0.588. The molecule has 0 unspecified atom stereocenters. The van der Waals surface area contributed by atoms with Crippen LogP contribution in [0.1, 0.15) is 23.7 Å². The first kappa shape index (κ1) is 16.1. The smallest absolute Gasteiger partial charge is 0.307 e. The molecule has 0 spiro atoms. The zero-order chi connectivity index (χ0) is 15.1. The van der Waals surface area contributed by atoms with E-state index in [0.29, 0.717) is 6.61 Å². The summed E-state index contributed by atoms with van der Waals surface area (Å²) in [6, 6.07) is 5.76. The lowest BCUT2D eigenvalue weighted by atomic mass is 10.2. The summed E-state index contributed by atoms with van der Waals surface area (Å²) < 4.78 is 18.4. The van der Waals surface area contributed by atoms with Gasteiger partial charge in [-0.3, -0.25) is 14.6 Å². The van der Waals surface area contributed by atoms with Crippen LogP contribution in [0.5, 0.6) is 0 Å². The van der Waals surface area contributed by atoms with Crippen molar-refractivity contribution < 1.29 is 18.7 Å². The molecule has 0 fully saturated rings. The van der Waals surface area contributed by atoms with Crippen molar-refractivity contribution in [2.24, 2.45) is 0 Å². The van der Waals surface area contributed by atoms with E-state index in [9.17, 15) is 14.0 Å². The van der Waals surface area contributed by atoms with Gasteiger partial charge in [0.05, 0.1) is 18.6 Å². The van der Waals surface area contributed by atoms with Crippen molar-refractivity contribution >= 4 is 11.9 Å². The minimum absolute atomic E-state index is 0.0231. The third kappa shape index (κ3) is 4.31. The molecule has 0 N–H and O–H groups in total. The van der Waals surface area contributed by atoms with Crippen molar-refractivity contribution in [1.29, 1.82) is 0 Å². The van der Waals surface area contributed by atoms with Crippen LogP contribution in [0, 0.1) is 5.82 Å². The molecular formula is C14H19FN2O3. The highest BCUT2D eigenvalue weighted by Gasteiger charge is 2.21. The van der Waals surface area contributed by atoms with Crippen LogP contribution in [0.15, 0.2) is 24.3 Å². The van der Waals surface area contributed by atoms with E-state index in [1.54, 1.807) is 27.1 Å². The van der Waals surface area contributed by atoms with Crippen LogP contribution in [0.4, 0.5) is 4.39 Å². The number of halogens is 1. The fourth-order valence-corrected chi connectivity index (χ4v) is 1.69. The Morgan fingerprint density at radius 1 is 1.25 bits per heavy atom. The van der Waals surface area contributed by atoms with Gasteiger partial charge in [0.25, 0.3) is 5.91 Å². The van der Waals surface area contributed by atoms with Crippen molar-refractivity contribution in [3.63, 3.8) is 0 Å². The number of carbonyl (C=O) groups is 2. The predicted molar refractivity (Wildman–Crippen MR) is 72.4 cm³/mol. The van der Waals surface area contributed by atoms with Gasteiger partial charge in [-0.1, -0.05) is 12.1 Å². The molecular weight excluding hydrogens is 263 g/mol. The van der Waals surface area contributed by atoms with E-state index in [1.165, 1.54) is 28.2 Å². The summed E-state index contributed by atoms with van der Waals surface area (Å²) in [5.74, 6) is -1.46. The van der Waals surface area contributed by atoms with Crippen LogP contribution < -0.4 is 0 Å². The van der Waals surface area contributed by atoms with Crippen molar-refractivity contribution in [1.82, 2.24) is 10.0 Å². The van der Waals surface area contributed by atoms with Crippen LogP contribution in [-0.4, -0.2) is 49.1 Å². The van der Waals surface area contributed by atoms with E-state index in [1.807, 2.05) is 0 Å². The zero-order valence-electron chi connectivity index (χ0n) is 11.9. The Labute approximate surface area is 117 Å². The van der Waals surface area contributed by atoms with Gasteiger partial charge in [-0.05, 0) is 19.1 Å². The van der Waals surface area contributed by atoms with Crippen molar-refractivity contribution in [2.45, 2.75) is 13.3 Å². The Morgan fingerprint density at radius 3 is 2.45 bits per heavy atom. The molecule has 0 aliphatic heterocycles. The van der Waals surface area contributed by atoms with Gasteiger partial charge in [0, 0.05) is 20.6 Å². The van der Waals surface area contributed by atoms with Gasteiger partial charge in [0.1, 0.15) is 5.82 Å². The fourth-order valence-electron chi connectivity index (χ4n) is 1.69. The number of hydrogen-bond acceptors (Lipinski definition) is 4. The molecule has 0 saturated carbocycles. The average Bonchev–Trinajstić information content (AvgIpc) is 2.39. The zero-order valence-corrected chi connectivity index (χ0v) is 11.9. The molecule has 5 nitrogen and oxygen atoms in total. The summed E-state index contributed by atoms with van der Waals surface area (Å²) in [6.07, 6.45) is 0.0617. The Kier molecular flexibility index (Phi) is 6.11. The molecule has 0 radical (unpaired) electrons. The SMILES string of the molecule is CCOC(=O)CCN(C(=O)c1ccccc1F)N(C)C. The van der Waals surface area contributed by atoms with Crippen molar-refractivity contribution in [3.8, 4) is 0 Å². The first-order valence-corrected chi connectivity index (χ1v) is 6.36. The normalized spacial score (nSPS) is 10.4. The minimum Gasteiger partial charge on any atom is -0.466 e. The number of nitrogens with zero attached hydrogens (tertiary/aromatic N) is 2. The molecule has 0 aliphatic carbocycles. The number of ether oxygens (including phenoxy) is 1. The Bertz CT molecular complexity index is 477. The largest absolute Gasteiger partial charge is 0.466 e. The molecule has 0 bridgehead atoms. The third-order valence-electron chi connectivity index (χ3n) is 2.65. The molecule has 0 heterocycles. The Balaban J connectivity index is 2.79. The maximum Gasteiger partial charge on any atom is 0.307 e. The van der Waals surface area contributed by atoms with Gasteiger partial charge >= 0.3 is 5.97 Å². The molecule has 1 rings (SSSR count). The van der Waals surface area contributed by atoms with Gasteiger partial charge < -0.3 is 4.74 Å². The molecule has 1 aromatic rings. The number of carbonyl (C=O) groups excluding carboxylic acids is 2. The first-order chi connectivity index (χ1) is 9.47. The second kappa shape index (κ2) is 7.59. The van der Waals surface area contributed by atoms with E-state index in [2.05, 4.69) is 0 Å². The summed E-state index contributed by atoms with van der Waals surface area (Å²) in [5.41, 5.74) is -0.0231. The summed E-state index contributed by atoms with van der Waals surface area (Å²) in [6.45, 7) is 2.15. The van der Waals surface area contributed by atoms with Crippen LogP contribution in [0.2, 0.25) is 0 Å². The number of hydrazine groups is 1. The summed E-state index contributed by atoms with van der Waals surface area (Å²) in [5, 5.41) is 2.82. The fraction of sp³-hybridized carbons (Fsp3) is 0.429. The lowest BCUT2D eigenvalue weighted by Gasteiger charge is -2.28. The van der Waals surface area contributed by atoms with E-state index < -0.39 is 11.7 Å². The Morgan fingerprint density at radius 2 is 1.90 bits per heavy atom. The Hall–Kier alpha value is -1.95. The van der Waals surface area contributed by atoms with Crippen LogP contribution >= 0.6 is 0 Å². The lowest BCUT2D eigenvalue weighted by Crippen LogP contribution is -2.43. The van der Waals surface area contributed by atoms with Crippen LogP contribution in [0.25, 0.3) is 0 Å². The van der Waals surface area contributed by atoms with Crippen LogP contribution in [-0.2, 0) is 9.53 Å². The molecule has 0 saturated heterocycles. The van der Waals surface area contributed by atoms with E-state index in [-0.39, 0.29) is 24.5 Å². The number of esters is 1. The second-order valence-electron chi connectivity index (χ2n) is 4.31. The number of rotatable bonds is 6. The van der Waals surface area contributed by atoms with Gasteiger partial charge in [0.15, 0.2) is 0 Å². The second-order valence-corrected chi connectivity index (χ2v) is 4.31. The van der Waals surface area contributed by atoms with Crippen molar-refractivity contribution in [3.05, 3.63) is 35.6 Å². The molecule has 0 atom stereocenters. The molecule has 110 valence electrons. The molecule has 6 heteroatoms. The highest BCUT2D eigenvalue weighted by atomic mass is 19.1. The average molecular weight is 282 g/mol. The van der Waals surface area contributed by atoms with E-state index in [0.717, 1.165) is 0 Å². The first-order valence-electron chi connectivity index (χ1n) is 6.36. The van der Waals surface area contributed by atoms with Crippen molar-refractivity contribution in [2.75, 3.05) is 27.2 Å². The molecule has 0 aromatic heterocycles. The summed E-state index contributed by atoms with van der Waals surface area (Å²) in [4.78, 5) is 23.6. The lowest BCUT2D eigenvalue weighted by molar-refractivity contribution is -0.143. The molecule has 0 aliphatic rings. The predicted octanol–water partition coefficient (Wildman–Crippen LogP) is 1.70. The summed E-state index contributed by atoms with van der Waals surface area (Å²) in [7, 11) is 3.31. The van der Waals surface area contributed by atoms with E-state index >= 15 is 0 Å². The van der Waals surface area contributed by atoms with Gasteiger partial charge in [-0.15, -0.1) is 0 Å². The topological polar surface area (TPSA) is 49.9 Å². The maximum absolute atomic E-state index is 13.6. The monoisotopic (exact) mass is 282 g/mol. The van der Waals surface area contributed by atoms with Gasteiger partial charge in [-0.25, -0.2) is 9.40 Å². The number of benzene rings is 1. The third-order valence-corrected chi connectivity index (χ3v) is 2.65. The highest BCUT2D eigenvalue weighted by Crippen LogP contribution is 2.11. The highest BCUT2D eigenvalue weighted by molar-refractivity contribution is 5.94. The standard InChI is InChI=1S/C14H19FN2O3/c1-4-20-13(18)9-10-17(16(2)3)14(19)11-7-5-6-8-12(11)15/h5-8H,4,9-10H2,1-3H3. The maximum atomic E-state index is 13.6.